The summed E-state index contributed by atoms with van der Waals surface area (Å²) in [6.07, 6.45) is 9.25. The van der Waals surface area contributed by atoms with Crippen LogP contribution in [0.25, 0.3) is 0 Å². The van der Waals surface area contributed by atoms with Crippen molar-refractivity contribution in [3.05, 3.63) is 18.2 Å². The quantitative estimate of drug-likeness (QED) is 0.741. The van der Waals surface area contributed by atoms with E-state index in [1.54, 1.807) is 0 Å². The van der Waals surface area contributed by atoms with Crippen molar-refractivity contribution in [3.8, 4) is 0 Å². The van der Waals surface area contributed by atoms with Crippen molar-refractivity contribution in [1.29, 1.82) is 0 Å². The highest BCUT2D eigenvalue weighted by Crippen LogP contribution is 2.43. The van der Waals surface area contributed by atoms with Gasteiger partial charge < -0.3 is 19.3 Å². The number of aliphatic hydroxyl groups is 1. The van der Waals surface area contributed by atoms with E-state index in [0.29, 0.717) is 0 Å². The highest BCUT2D eigenvalue weighted by molar-refractivity contribution is 5.79. The van der Waals surface area contributed by atoms with Crippen LogP contribution in [0.4, 0.5) is 0 Å². The Morgan fingerprint density at radius 3 is 2.61 bits per heavy atom. The van der Waals surface area contributed by atoms with Gasteiger partial charge in [0.05, 0.1) is 11.5 Å². The summed E-state index contributed by atoms with van der Waals surface area (Å²) in [5, 5.41) is 9.66. The Hall–Kier alpha value is -1.44. The number of esters is 1. The molecule has 0 saturated carbocycles. The number of imidazole rings is 1. The molecule has 1 N–H and O–H groups in total. The Kier molecular flexibility index (Phi) is 6.04. The van der Waals surface area contributed by atoms with Crippen LogP contribution in [0.1, 0.15) is 44.3 Å². The predicted octanol–water partition coefficient (Wildman–Crippen LogP) is 1.44. The van der Waals surface area contributed by atoms with Crippen molar-refractivity contribution in [2.24, 2.45) is 5.41 Å². The molecule has 3 aliphatic heterocycles. The predicted molar refractivity (Wildman–Crippen MR) is 106 cm³/mol. The van der Waals surface area contributed by atoms with E-state index < -0.39 is 0 Å². The second-order valence-corrected chi connectivity index (χ2v) is 8.91. The number of carbonyl (C=O) groups excluding carboxylic acids is 1. The van der Waals surface area contributed by atoms with Gasteiger partial charge in [-0.1, -0.05) is 0 Å². The fourth-order valence-corrected chi connectivity index (χ4v) is 5.05. The molecule has 1 aromatic heterocycles. The maximum absolute atomic E-state index is 12.7. The summed E-state index contributed by atoms with van der Waals surface area (Å²) in [6.45, 7) is 8.73. The number of nitrogens with zero attached hydrogens (tertiary/aromatic N) is 4. The molecule has 3 fully saturated rings. The normalized spacial score (nSPS) is 26.8. The lowest BCUT2D eigenvalue weighted by Crippen LogP contribution is -2.43. The number of carbonyl (C=O) groups is 1. The standard InChI is InChI=1S/C21H34N4O3/c1-17-22-7-14-25(17)9-2-8-23-12-5-21(6-13-23)15-19(28-20(21)27)16-24-10-3-18(26)4-11-24/h7,14,18-19,26H,2-6,8-13,15-16H2,1H3. The van der Waals surface area contributed by atoms with E-state index in [9.17, 15) is 9.90 Å². The van der Waals surface area contributed by atoms with Crippen LogP contribution in [0.15, 0.2) is 12.4 Å². The topological polar surface area (TPSA) is 70.8 Å². The van der Waals surface area contributed by atoms with E-state index in [1.807, 2.05) is 19.3 Å². The van der Waals surface area contributed by atoms with E-state index in [-0.39, 0.29) is 23.6 Å². The van der Waals surface area contributed by atoms with Gasteiger partial charge in [0.2, 0.25) is 0 Å². The largest absolute Gasteiger partial charge is 0.461 e. The molecule has 1 spiro atoms. The lowest BCUT2D eigenvalue weighted by Gasteiger charge is -2.36. The zero-order valence-electron chi connectivity index (χ0n) is 17.1. The minimum absolute atomic E-state index is 0.0264. The molecule has 0 amide bonds. The average Bonchev–Trinajstić information content (AvgIpc) is 3.22. The number of aromatic nitrogens is 2. The molecule has 7 nitrogen and oxygen atoms in total. The van der Waals surface area contributed by atoms with Gasteiger partial charge in [-0.15, -0.1) is 0 Å². The SMILES string of the molecule is Cc1nccn1CCCN1CCC2(CC1)CC(CN1CCC(O)CC1)OC2=O. The molecule has 28 heavy (non-hydrogen) atoms. The number of cyclic esters (lactones) is 1. The molecule has 156 valence electrons. The lowest BCUT2D eigenvalue weighted by atomic mass is 9.76. The molecule has 1 atom stereocenters. The van der Waals surface area contributed by atoms with E-state index in [2.05, 4.69) is 19.4 Å². The molecule has 0 aromatic carbocycles. The van der Waals surface area contributed by atoms with Crippen LogP contribution < -0.4 is 0 Å². The van der Waals surface area contributed by atoms with E-state index in [4.69, 9.17) is 4.74 Å². The van der Waals surface area contributed by atoms with Crippen LogP contribution in [0.5, 0.6) is 0 Å². The Labute approximate surface area is 167 Å². The van der Waals surface area contributed by atoms with Crippen LogP contribution in [0.2, 0.25) is 0 Å². The van der Waals surface area contributed by atoms with Gasteiger partial charge in [-0.2, -0.15) is 0 Å². The van der Waals surface area contributed by atoms with E-state index in [1.165, 1.54) is 0 Å². The van der Waals surface area contributed by atoms with Crippen molar-refractivity contribution in [1.82, 2.24) is 19.4 Å². The maximum atomic E-state index is 12.7. The zero-order valence-corrected chi connectivity index (χ0v) is 17.1. The third-order valence-electron chi connectivity index (χ3n) is 6.95. The number of hydrogen-bond acceptors (Lipinski definition) is 6. The second kappa shape index (κ2) is 8.51. The number of piperidine rings is 2. The number of ether oxygens (including phenoxy) is 1. The van der Waals surface area contributed by atoms with Crippen LogP contribution >= 0.6 is 0 Å². The van der Waals surface area contributed by atoms with Crippen LogP contribution in [0.3, 0.4) is 0 Å². The molecular formula is C21H34N4O3. The first-order valence-corrected chi connectivity index (χ1v) is 10.9. The molecule has 7 heteroatoms. The molecule has 0 bridgehead atoms. The number of hydrogen-bond donors (Lipinski definition) is 1. The third-order valence-corrected chi connectivity index (χ3v) is 6.95. The second-order valence-electron chi connectivity index (χ2n) is 8.91. The summed E-state index contributed by atoms with van der Waals surface area (Å²) >= 11 is 0. The minimum atomic E-state index is -0.253. The van der Waals surface area contributed by atoms with E-state index in [0.717, 1.165) is 90.2 Å². The summed E-state index contributed by atoms with van der Waals surface area (Å²) < 4.78 is 7.99. The highest BCUT2D eigenvalue weighted by atomic mass is 16.6. The first-order chi connectivity index (χ1) is 13.5. The van der Waals surface area contributed by atoms with Crippen LogP contribution in [-0.2, 0) is 16.1 Å². The van der Waals surface area contributed by atoms with Crippen LogP contribution in [-0.4, -0.2) is 81.9 Å². The Morgan fingerprint density at radius 1 is 1.18 bits per heavy atom. The smallest absolute Gasteiger partial charge is 0.312 e. The highest BCUT2D eigenvalue weighted by Gasteiger charge is 2.50. The fraction of sp³-hybridized carbons (Fsp3) is 0.810. The van der Waals surface area contributed by atoms with E-state index >= 15 is 0 Å². The molecule has 3 aliphatic rings. The van der Waals surface area contributed by atoms with Gasteiger partial charge in [0.1, 0.15) is 11.9 Å². The van der Waals surface area contributed by atoms with Crippen molar-refractivity contribution in [2.45, 2.75) is 64.2 Å². The summed E-state index contributed by atoms with van der Waals surface area (Å²) in [5.41, 5.74) is -0.253. The van der Waals surface area contributed by atoms with Crippen molar-refractivity contribution >= 4 is 5.97 Å². The molecule has 3 saturated heterocycles. The first-order valence-electron chi connectivity index (χ1n) is 10.9. The van der Waals surface area contributed by atoms with Gasteiger partial charge in [-0.3, -0.25) is 9.69 Å². The number of rotatable bonds is 6. The Morgan fingerprint density at radius 2 is 1.93 bits per heavy atom. The van der Waals surface area contributed by atoms with Gasteiger partial charge in [0, 0.05) is 45.0 Å². The first kappa shape index (κ1) is 19.9. The van der Waals surface area contributed by atoms with Gasteiger partial charge in [-0.25, -0.2) is 4.98 Å². The summed E-state index contributed by atoms with van der Waals surface area (Å²) in [5.74, 6) is 1.10. The van der Waals surface area contributed by atoms with Gasteiger partial charge in [0.15, 0.2) is 0 Å². The van der Waals surface area contributed by atoms with Crippen molar-refractivity contribution < 1.29 is 14.6 Å². The molecular weight excluding hydrogens is 356 g/mol. The molecule has 0 radical (unpaired) electrons. The number of aryl methyl sites for hydroxylation is 2. The summed E-state index contributed by atoms with van der Waals surface area (Å²) in [6, 6.07) is 0. The van der Waals surface area contributed by atoms with Gasteiger partial charge in [-0.05, 0) is 58.7 Å². The molecule has 4 rings (SSSR count). The zero-order chi connectivity index (χ0) is 19.6. The molecule has 1 unspecified atom stereocenters. The van der Waals surface area contributed by atoms with Crippen LogP contribution in [0, 0.1) is 12.3 Å². The van der Waals surface area contributed by atoms with Gasteiger partial charge >= 0.3 is 5.97 Å². The summed E-state index contributed by atoms with van der Waals surface area (Å²) in [4.78, 5) is 21.8. The average molecular weight is 391 g/mol. The molecule has 0 aliphatic carbocycles. The lowest BCUT2D eigenvalue weighted by molar-refractivity contribution is -0.151. The Balaban J connectivity index is 1.21. The summed E-state index contributed by atoms with van der Waals surface area (Å²) in [7, 11) is 0. The third kappa shape index (κ3) is 4.42. The molecule has 1 aromatic rings. The number of aliphatic hydroxyl groups excluding tert-OH is 1. The van der Waals surface area contributed by atoms with Crippen molar-refractivity contribution in [2.75, 3.05) is 39.3 Å². The minimum Gasteiger partial charge on any atom is -0.461 e. The maximum Gasteiger partial charge on any atom is 0.312 e. The number of likely N-dealkylation sites (tertiary alicyclic amines) is 2. The van der Waals surface area contributed by atoms with Gasteiger partial charge in [0.25, 0.3) is 0 Å². The monoisotopic (exact) mass is 390 g/mol. The van der Waals surface area contributed by atoms with Crippen molar-refractivity contribution in [3.63, 3.8) is 0 Å². The Bertz CT molecular complexity index is 660. The molecule has 4 heterocycles. The fourth-order valence-electron chi connectivity index (χ4n) is 5.05.